The van der Waals surface area contributed by atoms with E-state index in [-0.39, 0.29) is 0 Å². The summed E-state index contributed by atoms with van der Waals surface area (Å²) in [6.07, 6.45) is -0.432. The molecule has 0 spiro atoms. The van der Waals surface area contributed by atoms with Gasteiger partial charge in [0.1, 0.15) is 0 Å². The molecule has 0 aliphatic carbocycles. The van der Waals surface area contributed by atoms with E-state index in [0.717, 1.165) is 14.9 Å². The Morgan fingerprint density at radius 1 is 1.11 bits per heavy atom. The first kappa shape index (κ1) is 13.7. The van der Waals surface area contributed by atoms with E-state index in [9.17, 15) is 5.11 Å². The van der Waals surface area contributed by atoms with Gasteiger partial charge in [0.2, 0.25) is 0 Å². The van der Waals surface area contributed by atoms with Crippen LogP contribution in [0.15, 0.2) is 56.7 Å². The summed E-state index contributed by atoms with van der Waals surface area (Å²) in [5, 5.41) is 9.55. The van der Waals surface area contributed by atoms with Crippen molar-refractivity contribution in [3.05, 3.63) is 58.1 Å². The van der Waals surface area contributed by atoms with Gasteiger partial charge in [-0.1, -0.05) is 36.0 Å². The molecule has 0 fully saturated rings. The zero-order valence-electron chi connectivity index (χ0n) is 10.4. The molecule has 0 bridgehead atoms. The molecule has 0 unspecified atom stereocenters. The lowest BCUT2D eigenvalue weighted by molar-refractivity contribution is 0.199. The van der Waals surface area contributed by atoms with Gasteiger partial charge in [-0.05, 0) is 59.1 Å². The van der Waals surface area contributed by atoms with Crippen molar-refractivity contribution in [2.45, 2.75) is 29.7 Å². The van der Waals surface area contributed by atoms with Crippen LogP contribution in [-0.4, -0.2) is 5.11 Å². The average Bonchev–Trinajstić information content (AvgIpc) is 2.34. The van der Waals surface area contributed by atoms with Crippen molar-refractivity contribution in [1.82, 2.24) is 0 Å². The van der Waals surface area contributed by atoms with Crippen LogP contribution in [0.1, 0.15) is 24.2 Å². The fourth-order valence-corrected chi connectivity index (χ4v) is 3.19. The maximum atomic E-state index is 9.55. The maximum Gasteiger partial charge on any atom is 0.0762 e. The monoisotopic (exact) mass is 322 g/mol. The van der Waals surface area contributed by atoms with Crippen LogP contribution in [0.3, 0.4) is 0 Å². The number of benzene rings is 2. The van der Waals surface area contributed by atoms with Crippen molar-refractivity contribution >= 4 is 27.7 Å². The quantitative estimate of drug-likeness (QED) is 0.861. The first-order valence-electron chi connectivity index (χ1n) is 5.79. The standard InChI is InChI=1S/C15H15BrOS/c1-10-5-3-4-6-14(10)18-15-8-7-12(11(2)17)9-13(15)16/h3-9,11,17H,1-2H3/t11-/m0/s1. The van der Waals surface area contributed by atoms with Crippen LogP contribution in [0.25, 0.3) is 0 Å². The summed E-state index contributed by atoms with van der Waals surface area (Å²) in [6, 6.07) is 14.3. The lowest BCUT2D eigenvalue weighted by atomic mass is 10.1. The third-order valence-corrected chi connectivity index (χ3v) is 4.92. The Balaban J connectivity index is 2.28. The molecule has 1 atom stereocenters. The van der Waals surface area contributed by atoms with Crippen LogP contribution in [0.4, 0.5) is 0 Å². The number of rotatable bonds is 3. The molecule has 0 saturated carbocycles. The smallest absolute Gasteiger partial charge is 0.0762 e. The molecule has 2 aromatic rings. The molecular formula is C15H15BrOS. The van der Waals surface area contributed by atoms with Gasteiger partial charge in [0.15, 0.2) is 0 Å². The van der Waals surface area contributed by atoms with Crippen molar-refractivity contribution in [3.8, 4) is 0 Å². The van der Waals surface area contributed by atoms with Crippen LogP contribution in [0.5, 0.6) is 0 Å². The number of aliphatic hydroxyl groups is 1. The Bertz CT molecular complexity index is 552. The van der Waals surface area contributed by atoms with E-state index >= 15 is 0 Å². The summed E-state index contributed by atoms with van der Waals surface area (Å²) in [4.78, 5) is 2.41. The van der Waals surface area contributed by atoms with Crippen molar-refractivity contribution < 1.29 is 5.11 Å². The Kier molecular flexibility index (Phi) is 4.49. The van der Waals surface area contributed by atoms with E-state index < -0.39 is 6.10 Å². The molecule has 3 heteroatoms. The molecule has 18 heavy (non-hydrogen) atoms. The molecule has 0 radical (unpaired) electrons. The molecule has 2 aromatic carbocycles. The minimum atomic E-state index is -0.432. The molecule has 0 aromatic heterocycles. The summed E-state index contributed by atoms with van der Waals surface area (Å²) in [5.41, 5.74) is 2.20. The summed E-state index contributed by atoms with van der Waals surface area (Å²) < 4.78 is 1.02. The van der Waals surface area contributed by atoms with Gasteiger partial charge in [0.25, 0.3) is 0 Å². The molecule has 2 rings (SSSR count). The van der Waals surface area contributed by atoms with Crippen molar-refractivity contribution in [2.75, 3.05) is 0 Å². The fraction of sp³-hybridized carbons (Fsp3) is 0.200. The second kappa shape index (κ2) is 5.91. The van der Waals surface area contributed by atoms with Crippen LogP contribution in [-0.2, 0) is 0 Å². The highest BCUT2D eigenvalue weighted by Gasteiger charge is 2.07. The van der Waals surface area contributed by atoms with Crippen molar-refractivity contribution in [2.24, 2.45) is 0 Å². The molecule has 0 aliphatic heterocycles. The SMILES string of the molecule is Cc1ccccc1Sc1ccc([C@H](C)O)cc1Br. The van der Waals surface area contributed by atoms with Crippen LogP contribution in [0.2, 0.25) is 0 Å². The Hall–Kier alpha value is -0.770. The molecule has 1 N–H and O–H groups in total. The van der Waals surface area contributed by atoms with Gasteiger partial charge in [-0.3, -0.25) is 0 Å². The molecule has 0 aliphatic rings. The summed E-state index contributed by atoms with van der Waals surface area (Å²) in [7, 11) is 0. The molecule has 0 saturated heterocycles. The minimum absolute atomic E-state index is 0.432. The van der Waals surface area contributed by atoms with Crippen LogP contribution in [0, 0.1) is 6.92 Å². The molecule has 1 nitrogen and oxygen atoms in total. The summed E-state index contributed by atoms with van der Waals surface area (Å²) in [6.45, 7) is 3.89. The largest absolute Gasteiger partial charge is 0.389 e. The van der Waals surface area contributed by atoms with E-state index in [1.165, 1.54) is 10.5 Å². The minimum Gasteiger partial charge on any atom is -0.389 e. The number of hydrogen-bond acceptors (Lipinski definition) is 2. The number of halogens is 1. The van der Waals surface area contributed by atoms with Gasteiger partial charge in [0.05, 0.1) is 6.10 Å². The van der Waals surface area contributed by atoms with E-state index in [1.54, 1.807) is 18.7 Å². The van der Waals surface area contributed by atoms with E-state index in [1.807, 2.05) is 30.3 Å². The molecular weight excluding hydrogens is 308 g/mol. The lowest BCUT2D eigenvalue weighted by Crippen LogP contribution is -1.91. The predicted molar refractivity (Wildman–Crippen MR) is 80.1 cm³/mol. The molecule has 94 valence electrons. The van der Waals surface area contributed by atoms with Crippen molar-refractivity contribution in [3.63, 3.8) is 0 Å². The highest BCUT2D eigenvalue weighted by atomic mass is 79.9. The van der Waals surface area contributed by atoms with E-state index in [0.29, 0.717) is 0 Å². The van der Waals surface area contributed by atoms with Crippen molar-refractivity contribution in [1.29, 1.82) is 0 Å². The lowest BCUT2D eigenvalue weighted by Gasteiger charge is -2.10. The van der Waals surface area contributed by atoms with Gasteiger partial charge >= 0.3 is 0 Å². The van der Waals surface area contributed by atoms with Gasteiger partial charge in [0, 0.05) is 14.3 Å². The maximum absolute atomic E-state index is 9.55. The van der Waals surface area contributed by atoms with Gasteiger partial charge in [-0.25, -0.2) is 0 Å². The normalized spacial score (nSPS) is 12.4. The number of hydrogen-bond donors (Lipinski definition) is 1. The third-order valence-electron chi connectivity index (χ3n) is 2.75. The Morgan fingerprint density at radius 3 is 2.44 bits per heavy atom. The first-order chi connectivity index (χ1) is 8.58. The Morgan fingerprint density at radius 2 is 1.83 bits per heavy atom. The number of aliphatic hydroxyl groups excluding tert-OH is 1. The second-order valence-corrected chi connectivity index (χ2v) is 6.17. The molecule has 0 heterocycles. The summed E-state index contributed by atoms with van der Waals surface area (Å²) >= 11 is 5.30. The van der Waals surface area contributed by atoms with E-state index in [4.69, 9.17) is 0 Å². The van der Waals surface area contributed by atoms with E-state index in [2.05, 4.69) is 35.0 Å². The van der Waals surface area contributed by atoms with Gasteiger partial charge < -0.3 is 5.11 Å². The number of aryl methyl sites for hydroxylation is 1. The zero-order chi connectivity index (χ0) is 13.1. The van der Waals surface area contributed by atoms with Crippen LogP contribution >= 0.6 is 27.7 Å². The summed E-state index contributed by atoms with van der Waals surface area (Å²) in [5.74, 6) is 0. The zero-order valence-corrected chi connectivity index (χ0v) is 12.8. The van der Waals surface area contributed by atoms with Gasteiger partial charge in [-0.15, -0.1) is 0 Å². The third kappa shape index (κ3) is 3.16. The second-order valence-electron chi connectivity index (χ2n) is 4.23. The Labute approximate surface area is 120 Å². The first-order valence-corrected chi connectivity index (χ1v) is 7.40. The van der Waals surface area contributed by atoms with Crippen LogP contribution < -0.4 is 0 Å². The van der Waals surface area contributed by atoms with Gasteiger partial charge in [-0.2, -0.15) is 0 Å². The average molecular weight is 323 g/mol. The highest BCUT2D eigenvalue weighted by Crippen LogP contribution is 2.36. The molecule has 0 amide bonds. The topological polar surface area (TPSA) is 20.2 Å². The fourth-order valence-electron chi connectivity index (χ4n) is 1.65. The highest BCUT2D eigenvalue weighted by molar-refractivity contribution is 9.10. The predicted octanol–water partition coefficient (Wildman–Crippen LogP) is 4.96.